The van der Waals surface area contributed by atoms with E-state index in [-0.39, 0.29) is 24.0 Å². The molecule has 0 unspecified atom stereocenters. The maximum atomic E-state index is 5.43. The largest absolute Gasteiger partial charge is 0.496 e. The molecular formula is C18H27IN4O2. The molecule has 2 N–H and O–H groups in total. The third kappa shape index (κ3) is 5.91. The molecule has 0 saturated heterocycles. The van der Waals surface area contributed by atoms with E-state index >= 15 is 0 Å². The summed E-state index contributed by atoms with van der Waals surface area (Å²) >= 11 is 0. The number of aryl methyl sites for hydroxylation is 3. The number of ether oxygens (including phenoxy) is 1. The van der Waals surface area contributed by atoms with Gasteiger partial charge in [0.2, 0.25) is 0 Å². The maximum absolute atomic E-state index is 5.43. The lowest BCUT2D eigenvalue weighted by Gasteiger charge is -2.14. The summed E-state index contributed by atoms with van der Waals surface area (Å²) in [5.41, 5.74) is 4.37. The number of nitrogens with one attached hydrogen (secondary N) is 2. The van der Waals surface area contributed by atoms with Gasteiger partial charge < -0.3 is 19.9 Å². The van der Waals surface area contributed by atoms with Crippen LogP contribution < -0.4 is 15.4 Å². The Kier molecular flexibility index (Phi) is 8.74. The minimum Gasteiger partial charge on any atom is -0.496 e. The van der Waals surface area contributed by atoms with Crippen molar-refractivity contribution in [3.8, 4) is 5.75 Å². The topological polar surface area (TPSA) is 71.7 Å². The maximum Gasteiger partial charge on any atom is 0.191 e. The summed E-state index contributed by atoms with van der Waals surface area (Å²) in [5, 5.41) is 10.6. The second kappa shape index (κ2) is 10.3. The SMILES string of the molecule is CN=C(NCCc1c(C)noc1C)NCc1ccc(C)cc1OC.I. The molecule has 0 radical (unpaired) electrons. The van der Waals surface area contributed by atoms with Crippen molar-refractivity contribution in [2.24, 2.45) is 4.99 Å². The van der Waals surface area contributed by atoms with Crippen LogP contribution in [0.2, 0.25) is 0 Å². The molecule has 0 amide bonds. The number of benzene rings is 1. The summed E-state index contributed by atoms with van der Waals surface area (Å²) in [4.78, 5) is 4.25. The Morgan fingerprint density at radius 1 is 1.24 bits per heavy atom. The van der Waals surface area contributed by atoms with Gasteiger partial charge in [0.25, 0.3) is 0 Å². The molecule has 7 heteroatoms. The second-order valence-electron chi connectivity index (χ2n) is 5.72. The molecule has 0 spiro atoms. The standard InChI is InChI=1S/C18H26N4O2.HI/c1-12-6-7-15(17(10-12)23-5)11-21-18(19-4)20-9-8-16-13(2)22-24-14(16)3;/h6-7,10H,8-9,11H2,1-5H3,(H2,19,20,21);1H. The van der Waals surface area contributed by atoms with E-state index in [1.165, 1.54) is 5.56 Å². The van der Waals surface area contributed by atoms with Gasteiger partial charge in [0, 0.05) is 31.3 Å². The molecule has 0 bridgehead atoms. The highest BCUT2D eigenvalue weighted by atomic mass is 127. The predicted octanol–water partition coefficient (Wildman–Crippen LogP) is 3.13. The van der Waals surface area contributed by atoms with E-state index in [0.717, 1.165) is 47.3 Å². The summed E-state index contributed by atoms with van der Waals surface area (Å²) in [5.74, 6) is 2.51. The smallest absolute Gasteiger partial charge is 0.191 e. The van der Waals surface area contributed by atoms with Gasteiger partial charge in [-0.05, 0) is 38.8 Å². The number of halogens is 1. The van der Waals surface area contributed by atoms with E-state index in [4.69, 9.17) is 9.26 Å². The molecule has 1 heterocycles. The number of hydrogen-bond acceptors (Lipinski definition) is 4. The van der Waals surface area contributed by atoms with E-state index in [9.17, 15) is 0 Å². The van der Waals surface area contributed by atoms with Crippen molar-refractivity contribution in [2.75, 3.05) is 20.7 Å². The highest BCUT2D eigenvalue weighted by Gasteiger charge is 2.09. The molecule has 1 aromatic heterocycles. The zero-order chi connectivity index (χ0) is 17.5. The van der Waals surface area contributed by atoms with Crippen LogP contribution in [0.25, 0.3) is 0 Å². The van der Waals surface area contributed by atoms with Gasteiger partial charge in [-0.2, -0.15) is 0 Å². The minimum absolute atomic E-state index is 0. The van der Waals surface area contributed by atoms with Gasteiger partial charge in [0.05, 0.1) is 12.8 Å². The third-order valence-corrected chi connectivity index (χ3v) is 3.96. The first-order chi connectivity index (χ1) is 11.5. The van der Waals surface area contributed by atoms with Crippen molar-refractivity contribution < 1.29 is 9.26 Å². The van der Waals surface area contributed by atoms with Crippen LogP contribution in [0.3, 0.4) is 0 Å². The highest BCUT2D eigenvalue weighted by molar-refractivity contribution is 14.0. The van der Waals surface area contributed by atoms with Crippen LogP contribution in [-0.2, 0) is 13.0 Å². The first kappa shape index (κ1) is 21.3. The van der Waals surface area contributed by atoms with E-state index in [0.29, 0.717) is 6.54 Å². The molecule has 0 aliphatic heterocycles. The lowest BCUT2D eigenvalue weighted by atomic mass is 10.1. The first-order valence-corrected chi connectivity index (χ1v) is 8.05. The molecule has 1 aromatic carbocycles. The van der Waals surface area contributed by atoms with Crippen LogP contribution in [0.4, 0.5) is 0 Å². The second-order valence-corrected chi connectivity index (χ2v) is 5.72. The molecule has 6 nitrogen and oxygen atoms in total. The number of rotatable bonds is 6. The molecular weight excluding hydrogens is 431 g/mol. The average Bonchev–Trinajstić information content (AvgIpc) is 2.90. The Balaban J connectivity index is 0.00000312. The van der Waals surface area contributed by atoms with Gasteiger partial charge >= 0.3 is 0 Å². The predicted molar refractivity (Wildman–Crippen MR) is 111 cm³/mol. The van der Waals surface area contributed by atoms with Crippen molar-refractivity contribution in [1.29, 1.82) is 0 Å². The van der Waals surface area contributed by atoms with Crippen LogP contribution in [0, 0.1) is 20.8 Å². The normalized spacial score (nSPS) is 11.0. The summed E-state index contributed by atoms with van der Waals surface area (Å²) in [6.07, 6.45) is 0.843. The summed E-state index contributed by atoms with van der Waals surface area (Å²) < 4.78 is 10.6. The Morgan fingerprint density at radius 2 is 2.00 bits per heavy atom. The van der Waals surface area contributed by atoms with Gasteiger partial charge in [0.1, 0.15) is 11.5 Å². The number of guanidine groups is 1. The molecule has 0 saturated carbocycles. The van der Waals surface area contributed by atoms with E-state index < -0.39 is 0 Å². The fourth-order valence-electron chi connectivity index (χ4n) is 2.56. The number of hydrogen-bond donors (Lipinski definition) is 2. The van der Waals surface area contributed by atoms with Crippen molar-refractivity contribution in [1.82, 2.24) is 15.8 Å². The van der Waals surface area contributed by atoms with Crippen LogP contribution in [0.1, 0.15) is 28.1 Å². The molecule has 0 fully saturated rings. The van der Waals surface area contributed by atoms with E-state index in [1.807, 2.05) is 19.9 Å². The first-order valence-electron chi connectivity index (χ1n) is 8.05. The highest BCUT2D eigenvalue weighted by Crippen LogP contribution is 2.19. The van der Waals surface area contributed by atoms with Crippen LogP contribution >= 0.6 is 24.0 Å². The summed E-state index contributed by atoms with van der Waals surface area (Å²) in [6, 6.07) is 6.18. The van der Waals surface area contributed by atoms with Crippen molar-refractivity contribution >= 4 is 29.9 Å². The number of methoxy groups -OCH3 is 1. The Bertz CT molecular complexity index is 694. The number of nitrogens with zero attached hydrogens (tertiary/aromatic N) is 2. The summed E-state index contributed by atoms with van der Waals surface area (Å²) in [6.45, 7) is 7.35. The lowest BCUT2D eigenvalue weighted by Crippen LogP contribution is -2.38. The van der Waals surface area contributed by atoms with E-state index in [1.54, 1.807) is 14.2 Å². The molecule has 0 aliphatic rings. The molecule has 2 aromatic rings. The molecule has 0 atom stereocenters. The fraction of sp³-hybridized carbons (Fsp3) is 0.444. The quantitative estimate of drug-likeness (QED) is 0.396. The van der Waals surface area contributed by atoms with Gasteiger partial charge in [-0.15, -0.1) is 24.0 Å². The molecule has 25 heavy (non-hydrogen) atoms. The Morgan fingerprint density at radius 3 is 2.60 bits per heavy atom. The number of aliphatic imine (C=N–C) groups is 1. The number of aromatic nitrogens is 1. The van der Waals surface area contributed by atoms with Gasteiger partial charge in [0.15, 0.2) is 5.96 Å². The molecule has 138 valence electrons. The van der Waals surface area contributed by atoms with Crippen molar-refractivity contribution in [3.63, 3.8) is 0 Å². The van der Waals surface area contributed by atoms with Crippen LogP contribution in [0.5, 0.6) is 5.75 Å². The Labute approximate surface area is 166 Å². The van der Waals surface area contributed by atoms with E-state index in [2.05, 4.69) is 39.8 Å². The minimum atomic E-state index is 0. The zero-order valence-corrected chi connectivity index (χ0v) is 17.8. The fourth-order valence-corrected chi connectivity index (χ4v) is 2.56. The molecule has 2 rings (SSSR count). The van der Waals surface area contributed by atoms with Crippen molar-refractivity contribution in [2.45, 2.75) is 33.7 Å². The monoisotopic (exact) mass is 458 g/mol. The molecule has 0 aliphatic carbocycles. The van der Waals surface area contributed by atoms with Crippen LogP contribution in [-0.4, -0.2) is 31.8 Å². The summed E-state index contributed by atoms with van der Waals surface area (Å²) in [7, 11) is 3.45. The third-order valence-electron chi connectivity index (χ3n) is 3.96. The zero-order valence-electron chi connectivity index (χ0n) is 15.5. The van der Waals surface area contributed by atoms with Gasteiger partial charge in [-0.25, -0.2) is 0 Å². The van der Waals surface area contributed by atoms with Crippen molar-refractivity contribution in [3.05, 3.63) is 46.3 Å². The van der Waals surface area contributed by atoms with Crippen LogP contribution in [0.15, 0.2) is 27.7 Å². The van der Waals surface area contributed by atoms with Gasteiger partial charge in [-0.3, -0.25) is 4.99 Å². The Hall–Kier alpha value is -1.77. The average molecular weight is 458 g/mol. The lowest BCUT2D eigenvalue weighted by molar-refractivity contribution is 0.392. The van der Waals surface area contributed by atoms with Gasteiger partial charge in [-0.1, -0.05) is 17.3 Å².